The van der Waals surface area contributed by atoms with Gasteiger partial charge in [-0.3, -0.25) is 4.68 Å². The molecule has 0 unspecified atom stereocenters. The van der Waals surface area contributed by atoms with Crippen LogP contribution in [0.1, 0.15) is 55.5 Å². The lowest BCUT2D eigenvalue weighted by atomic mass is 9.87. The summed E-state index contributed by atoms with van der Waals surface area (Å²) in [5, 5.41) is 28.4. The third kappa shape index (κ3) is 3.90. The van der Waals surface area contributed by atoms with E-state index >= 15 is 0 Å². The third-order valence-electron chi connectivity index (χ3n) is 6.61. The molecule has 33 heavy (non-hydrogen) atoms. The minimum absolute atomic E-state index is 0.449. The predicted octanol–water partition coefficient (Wildman–Crippen LogP) is 6.15. The van der Waals surface area contributed by atoms with E-state index in [1.807, 2.05) is 36.7 Å². The number of pyridine rings is 1. The Hall–Kier alpha value is -3.55. The van der Waals surface area contributed by atoms with Crippen LogP contribution in [-0.4, -0.2) is 19.4 Å². The van der Waals surface area contributed by atoms with Crippen LogP contribution < -0.4 is 0 Å². The van der Waals surface area contributed by atoms with E-state index in [0.29, 0.717) is 17.2 Å². The summed E-state index contributed by atoms with van der Waals surface area (Å²) in [7, 11) is 0. The third-order valence-corrected chi connectivity index (χ3v) is 7.72. The van der Waals surface area contributed by atoms with Crippen molar-refractivity contribution in [1.29, 1.82) is 10.5 Å². The van der Waals surface area contributed by atoms with Gasteiger partial charge in [-0.2, -0.15) is 20.7 Å². The summed E-state index contributed by atoms with van der Waals surface area (Å²) >= 11 is 1.49. The van der Waals surface area contributed by atoms with E-state index in [4.69, 9.17) is 5.10 Å². The molecule has 1 fully saturated rings. The van der Waals surface area contributed by atoms with Gasteiger partial charge in [-0.1, -0.05) is 30.8 Å². The first-order valence-electron chi connectivity index (χ1n) is 11.2. The first kappa shape index (κ1) is 21.3. The maximum Gasteiger partial charge on any atom is 0.103 e. The molecule has 0 aliphatic heterocycles. The lowest BCUT2D eigenvalue weighted by Crippen LogP contribution is -2.18. The van der Waals surface area contributed by atoms with Gasteiger partial charge in [-0.15, -0.1) is 0 Å². The highest BCUT2D eigenvalue weighted by Gasteiger charge is 2.23. The van der Waals surface area contributed by atoms with Crippen LogP contribution in [-0.2, 0) is 0 Å². The molecule has 0 saturated heterocycles. The van der Waals surface area contributed by atoms with Gasteiger partial charge in [0, 0.05) is 32.8 Å². The van der Waals surface area contributed by atoms with Crippen LogP contribution in [0.2, 0.25) is 0 Å². The van der Waals surface area contributed by atoms with Crippen molar-refractivity contribution in [2.24, 2.45) is 5.92 Å². The first-order valence-corrected chi connectivity index (χ1v) is 12.0. The summed E-state index contributed by atoms with van der Waals surface area (Å²) in [4.78, 5) is 1.75. The van der Waals surface area contributed by atoms with Crippen LogP contribution >= 0.6 is 11.8 Å². The summed E-state index contributed by atoms with van der Waals surface area (Å²) in [5.41, 5.74) is 5.10. The zero-order valence-corrected chi connectivity index (χ0v) is 19.5. The number of aromatic nitrogens is 4. The quantitative estimate of drug-likeness (QED) is 0.371. The second kappa shape index (κ2) is 8.77. The molecule has 0 amide bonds. The fourth-order valence-electron chi connectivity index (χ4n) is 4.72. The summed E-state index contributed by atoms with van der Waals surface area (Å²) in [6.45, 7) is 4.46. The standard InChI is InChI=1S/C26H24N6S/c1-17-7-9-22(10-8-17)32-18(2)23(15-30-32)20-11-25(26-21(13-28)14-29-31(26)16-20)33-24-6-4-3-5-19(24)12-27/h3-6,11,14-17,22H,7-10H2,1-2H3/t17-,22+. The van der Waals surface area contributed by atoms with E-state index in [1.54, 1.807) is 10.7 Å². The Labute approximate surface area is 197 Å². The summed E-state index contributed by atoms with van der Waals surface area (Å²) in [6.07, 6.45) is 10.3. The second-order valence-corrected chi connectivity index (χ2v) is 9.85. The number of hydrogen-bond acceptors (Lipinski definition) is 5. The molecule has 3 heterocycles. The molecule has 1 aliphatic rings. The molecule has 4 aromatic rings. The van der Waals surface area contributed by atoms with Gasteiger partial charge in [0.1, 0.15) is 12.1 Å². The summed E-state index contributed by atoms with van der Waals surface area (Å²) < 4.78 is 3.96. The highest BCUT2D eigenvalue weighted by atomic mass is 32.2. The average Bonchev–Trinajstić information content (AvgIpc) is 3.43. The normalized spacial score (nSPS) is 18.2. The molecule has 164 valence electrons. The first-order chi connectivity index (χ1) is 16.1. The molecule has 5 rings (SSSR count). The molecule has 0 bridgehead atoms. The molecule has 3 aromatic heterocycles. The van der Waals surface area contributed by atoms with Crippen LogP contribution in [0.25, 0.3) is 16.6 Å². The van der Waals surface area contributed by atoms with Crippen molar-refractivity contribution in [3.63, 3.8) is 0 Å². The lowest BCUT2D eigenvalue weighted by Gasteiger charge is -2.27. The maximum atomic E-state index is 9.63. The molecule has 6 nitrogen and oxygen atoms in total. The zero-order valence-electron chi connectivity index (χ0n) is 18.7. The van der Waals surface area contributed by atoms with Crippen LogP contribution in [0.5, 0.6) is 0 Å². The SMILES string of the molecule is Cc1c(-c2cc(Sc3ccccc3C#N)c3c(C#N)cnn3c2)cnn1[C@H]1CC[C@@H](C)CC1. The summed E-state index contributed by atoms with van der Waals surface area (Å²) in [6, 6.07) is 14.6. The molecule has 0 N–H and O–H groups in total. The van der Waals surface area contributed by atoms with Gasteiger partial charge in [-0.05, 0) is 56.7 Å². The number of nitrogens with zero attached hydrogens (tertiary/aromatic N) is 6. The van der Waals surface area contributed by atoms with Crippen molar-refractivity contribution in [1.82, 2.24) is 19.4 Å². The van der Waals surface area contributed by atoms with E-state index in [-0.39, 0.29) is 0 Å². The Morgan fingerprint density at radius 1 is 0.970 bits per heavy atom. The second-order valence-electron chi connectivity index (χ2n) is 8.77. The van der Waals surface area contributed by atoms with E-state index in [2.05, 4.69) is 41.8 Å². The molecule has 1 aromatic carbocycles. The Morgan fingerprint density at radius 2 is 1.73 bits per heavy atom. The van der Waals surface area contributed by atoms with Gasteiger partial charge in [-0.25, -0.2) is 4.52 Å². The molecule has 0 atom stereocenters. The van der Waals surface area contributed by atoms with E-state index in [0.717, 1.165) is 38.0 Å². The van der Waals surface area contributed by atoms with Crippen molar-refractivity contribution >= 4 is 17.3 Å². The molecule has 0 radical (unpaired) electrons. The van der Waals surface area contributed by atoms with Crippen molar-refractivity contribution < 1.29 is 0 Å². The number of nitriles is 2. The molecular weight excluding hydrogens is 428 g/mol. The minimum Gasteiger partial charge on any atom is -0.266 e. The van der Waals surface area contributed by atoms with Crippen molar-refractivity contribution in [3.8, 4) is 23.3 Å². The predicted molar refractivity (Wildman–Crippen MR) is 128 cm³/mol. The zero-order chi connectivity index (χ0) is 22.9. The fourth-order valence-corrected chi connectivity index (χ4v) is 5.81. The monoisotopic (exact) mass is 452 g/mol. The highest BCUT2D eigenvalue weighted by molar-refractivity contribution is 7.99. The Kier molecular flexibility index (Phi) is 5.66. The van der Waals surface area contributed by atoms with Gasteiger partial charge < -0.3 is 0 Å². The van der Waals surface area contributed by atoms with E-state index in [1.165, 1.54) is 37.4 Å². The number of fused-ring (bicyclic) bond motifs is 1. The van der Waals surface area contributed by atoms with Crippen LogP contribution in [0, 0.1) is 35.5 Å². The summed E-state index contributed by atoms with van der Waals surface area (Å²) in [5.74, 6) is 0.795. The Balaban J connectivity index is 1.60. The highest BCUT2D eigenvalue weighted by Crippen LogP contribution is 2.39. The molecular formula is C26H24N6S. The largest absolute Gasteiger partial charge is 0.266 e. The molecule has 1 saturated carbocycles. The number of hydrogen-bond donors (Lipinski definition) is 0. The topological polar surface area (TPSA) is 82.7 Å². The van der Waals surface area contributed by atoms with Crippen LogP contribution in [0.15, 0.2) is 58.7 Å². The maximum absolute atomic E-state index is 9.63. The van der Waals surface area contributed by atoms with Crippen molar-refractivity contribution in [2.45, 2.75) is 55.4 Å². The number of rotatable bonds is 4. The smallest absolute Gasteiger partial charge is 0.103 e. The van der Waals surface area contributed by atoms with Crippen LogP contribution in [0.4, 0.5) is 0 Å². The Bertz CT molecular complexity index is 1410. The fraction of sp³-hybridized carbons (Fsp3) is 0.308. The molecule has 1 aliphatic carbocycles. The van der Waals surface area contributed by atoms with E-state index < -0.39 is 0 Å². The lowest BCUT2D eigenvalue weighted by molar-refractivity contribution is 0.271. The van der Waals surface area contributed by atoms with Gasteiger partial charge in [0.25, 0.3) is 0 Å². The van der Waals surface area contributed by atoms with Crippen molar-refractivity contribution in [2.75, 3.05) is 0 Å². The van der Waals surface area contributed by atoms with Gasteiger partial charge in [0.15, 0.2) is 0 Å². The van der Waals surface area contributed by atoms with Gasteiger partial charge in [0.05, 0.1) is 35.1 Å². The van der Waals surface area contributed by atoms with Gasteiger partial charge >= 0.3 is 0 Å². The minimum atomic E-state index is 0.449. The molecule has 7 heteroatoms. The number of benzene rings is 1. The van der Waals surface area contributed by atoms with Crippen molar-refractivity contribution in [3.05, 3.63) is 65.7 Å². The molecule has 0 spiro atoms. The van der Waals surface area contributed by atoms with E-state index in [9.17, 15) is 10.5 Å². The van der Waals surface area contributed by atoms with Crippen LogP contribution in [0.3, 0.4) is 0 Å². The average molecular weight is 453 g/mol. The Morgan fingerprint density at radius 3 is 2.48 bits per heavy atom. The van der Waals surface area contributed by atoms with Gasteiger partial charge in [0.2, 0.25) is 0 Å².